The number of carbonyl (C=O) groups is 2. The van der Waals surface area contributed by atoms with Crippen LogP contribution in [0.15, 0.2) is 24.3 Å². The van der Waals surface area contributed by atoms with Gasteiger partial charge >= 0.3 is 0 Å². The minimum Gasteiger partial charge on any atom is -0.379 e. The first kappa shape index (κ1) is 23.6. The van der Waals surface area contributed by atoms with Crippen molar-refractivity contribution in [2.45, 2.75) is 38.1 Å². The molecule has 0 aromatic heterocycles. The van der Waals surface area contributed by atoms with Crippen molar-refractivity contribution in [2.24, 2.45) is 5.73 Å². The second-order valence-corrected chi connectivity index (χ2v) is 6.53. The molecule has 1 aliphatic heterocycles. The van der Waals surface area contributed by atoms with E-state index in [4.69, 9.17) is 5.73 Å². The average Bonchev–Trinajstić information content (AvgIpc) is 2.67. The van der Waals surface area contributed by atoms with Crippen LogP contribution in [-0.2, 0) is 9.59 Å². The molecule has 156 valence electrons. The first-order valence-corrected chi connectivity index (χ1v) is 9.26. The lowest BCUT2D eigenvalue weighted by molar-refractivity contribution is -0.384. The van der Waals surface area contributed by atoms with Gasteiger partial charge in [0.05, 0.1) is 4.92 Å². The number of nitrogens with zero attached hydrogens (tertiary/aromatic N) is 2. The number of halogens is 1. The highest BCUT2D eigenvalue weighted by Gasteiger charge is 2.26. The monoisotopic (exact) mass is 413 g/mol. The number of nitrogens with two attached hydrogens (primary N) is 1. The molecule has 2 rings (SSSR count). The molecule has 1 aromatic carbocycles. The van der Waals surface area contributed by atoms with Crippen LogP contribution in [0.25, 0.3) is 0 Å². The minimum absolute atomic E-state index is 0. The second kappa shape index (κ2) is 12.1. The lowest BCUT2D eigenvalue weighted by Gasteiger charge is -2.36. The summed E-state index contributed by atoms with van der Waals surface area (Å²) in [6, 6.07) is 6.35. The molecule has 10 heteroatoms. The number of para-hydroxylation sites is 2. The zero-order chi connectivity index (χ0) is 19.6. The average molecular weight is 414 g/mol. The Balaban J connectivity index is 0.00000392. The van der Waals surface area contributed by atoms with Gasteiger partial charge in [0.25, 0.3) is 5.69 Å². The van der Waals surface area contributed by atoms with Crippen molar-refractivity contribution in [3.63, 3.8) is 0 Å². The number of piperidine rings is 1. The summed E-state index contributed by atoms with van der Waals surface area (Å²) in [4.78, 5) is 36.6. The maximum atomic E-state index is 12.6. The first-order chi connectivity index (χ1) is 13.0. The van der Waals surface area contributed by atoms with Crippen LogP contribution in [0.1, 0.15) is 32.1 Å². The van der Waals surface area contributed by atoms with Crippen LogP contribution in [0.5, 0.6) is 0 Å². The molecule has 1 atom stereocenters. The summed E-state index contributed by atoms with van der Waals surface area (Å²) in [6.45, 7) is 1.72. The highest BCUT2D eigenvalue weighted by molar-refractivity contribution is 5.85. The Kier molecular flexibility index (Phi) is 10.3. The molecule has 1 saturated heterocycles. The third-order valence-electron chi connectivity index (χ3n) is 4.61. The van der Waals surface area contributed by atoms with E-state index in [0.717, 1.165) is 19.3 Å². The maximum absolute atomic E-state index is 12.6. The summed E-state index contributed by atoms with van der Waals surface area (Å²) in [6.07, 6.45) is 3.33. The summed E-state index contributed by atoms with van der Waals surface area (Å²) in [5.74, 6) is -0.118. The van der Waals surface area contributed by atoms with Gasteiger partial charge in [-0.15, -0.1) is 12.4 Å². The van der Waals surface area contributed by atoms with Crippen molar-refractivity contribution in [1.29, 1.82) is 0 Å². The maximum Gasteiger partial charge on any atom is 0.292 e. The van der Waals surface area contributed by atoms with Crippen LogP contribution in [0.3, 0.4) is 0 Å². The van der Waals surface area contributed by atoms with E-state index in [0.29, 0.717) is 31.9 Å². The van der Waals surface area contributed by atoms with E-state index in [1.165, 1.54) is 6.07 Å². The molecule has 4 N–H and O–H groups in total. The number of likely N-dealkylation sites (tertiary alicyclic amines) is 1. The van der Waals surface area contributed by atoms with Crippen LogP contribution < -0.4 is 16.4 Å². The summed E-state index contributed by atoms with van der Waals surface area (Å²) < 4.78 is 0. The summed E-state index contributed by atoms with van der Waals surface area (Å²) in [7, 11) is 0. The highest BCUT2D eigenvalue weighted by Crippen LogP contribution is 2.23. The fourth-order valence-corrected chi connectivity index (χ4v) is 3.22. The number of rotatable bonds is 9. The molecule has 0 spiro atoms. The summed E-state index contributed by atoms with van der Waals surface area (Å²) >= 11 is 0. The summed E-state index contributed by atoms with van der Waals surface area (Å²) in [5, 5.41) is 16.8. The van der Waals surface area contributed by atoms with Crippen molar-refractivity contribution < 1.29 is 14.5 Å². The van der Waals surface area contributed by atoms with E-state index >= 15 is 0 Å². The number of nitrogens with one attached hydrogen (secondary N) is 2. The Morgan fingerprint density at radius 2 is 2.00 bits per heavy atom. The van der Waals surface area contributed by atoms with Gasteiger partial charge in [0, 0.05) is 51.1 Å². The lowest BCUT2D eigenvalue weighted by Crippen LogP contribution is -2.49. The number of anilines is 1. The summed E-state index contributed by atoms with van der Waals surface area (Å²) in [5.41, 5.74) is 5.76. The van der Waals surface area contributed by atoms with Gasteiger partial charge in [-0.3, -0.25) is 19.7 Å². The Hall–Kier alpha value is -2.39. The second-order valence-electron chi connectivity index (χ2n) is 6.53. The van der Waals surface area contributed by atoms with Crippen LogP contribution in [0.2, 0.25) is 0 Å². The van der Waals surface area contributed by atoms with E-state index in [1.54, 1.807) is 18.2 Å². The Bertz CT molecular complexity index is 673. The molecule has 1 fully saturated rings. The fraction of sp³-hybridized carbons (Fsp3) is 0.556. The Morgan fingerprint density at radius 1 is 1.25 bits per heavy atom. The van der Waals surface area contributed by atoms with E-state index in [-0.39, 0.29) is 48.8 Å². The molecule has 0 aliphatic carbocycles. The van der Waals surface area contributed by atoms with Crippen molar-refractivity contribution in [1.82, 2.24) is 10.2 Å². The number of hydrogen-bond donors (Lipinski definition) is 3. The molecule has 9 nitrogen and oxygen atoms in total. The first-order valence-electron chi connectivity index (χ1n) is 9.26. The number of carbonyl (C=O) groups excluding carboxylic acids is 2. The molecule has 0 saturated carbocycles. The van der Waals surface area contributed by atoms with Crippen molar-refractivity contribution >= 4 is 35.6 Å². The topological polar surface area (TPSA) is 131 Å². The smallest absolute Gasteiger partial charge is 0.292 e. The lowest BCUT2D eigenvalue weighted by atomic mass is 10.0. The number of benzene rings is 1. The minimum atomic E-state index is -0.450. The van der Waals surface area contributed by atoms with E-state index in [2.05, 4.69) is 10.6 Å². The highest BCUT2D eigenvalue weighted by atomic mass is 35.5. The number of hydrogen-bond acceptors (Lipinski definition) is 6. The standard InChI is InChI=1S/C18H27N5O4.ClH/c19-10-8-17(24)21-13-14-5-3-4-12-22(14)18(25)9-11-20-15-6-1-2-7-16(15)23(26)27;/h1-2,6-7,14,20H,3-5,8-13,19H2,(H,21,24);1H. The third-order valence-corrected chi connectivity index (χ3v) is 4.61. The Morgan fingerprint density at radius 3 is 2.71 bits per heavy atom. The molecule has 0 bridgehead atoms. The van der Waals surface area contributed by atoms with Crippen LogP contribution in [0.4, 0.5) is 11.4 Å². The number of amides is 2. The van der Waals surface area contributed by atoms with Crippen molar-refractivity contribution in [3.8, 4) is 0 Å². The van der Waals surface area contributed by atoms with Crippen LogP contribution >= 0.6 is 12.4 Å². The molecule has 2 amide bonds. The van der Waals surface area contributed by atoms with Gasteiger partial charge in [0.2, 0.25) is 11.8 Å². The largest absolute Gasteiger partial charge is 0.379 e. The van der Waals surface area contributed by atoms with Crippen molar-refractivity contribution in [3.05, 3.63) is 34.4 Å². The van der Waals surface area contributed by atoms with Gasteiger partial charge < -0.3 is 21.3 Å². The predicted molar refractivity (Wildman–Crippen MR) is 109 cm³/mol. The van der Waals surface area contributed by atoms with E-state index in [1.807, 2.05) is 4.90 Å². The van der Waals surface area contributed by atoms with Gasteiger partial charge in [-0.2, -0.15) is 0 Å². The molecule has 28 heavy (non-hydrogen) atoms. The fourth-order valence-electron chi connectivity index (χ4n) is 3.22. The van der Waals surface area contributed by atoms with Crippen molar-refractivity contribution in [2.75, 3.05) is 31.5 Å². The SMILES string of the molecule is Cl.NCCC(=O)NCC1CCCCN1C(=O)CCNc1ccccc1[N+](=O)[O-]. The number of nitro groups is 1. The molecule has 1 aromatic rings. The molecular weight excluding hydrogens is 386 g/mol. The molecular formula is C18H28ClN5O4. The number of nitro benzene ring substituents is 1. The Labute approximate surface area is 170 Å². The zero-order valence-electron chi connectivity index (χ0n) is 15.8. The van der Waals surface area contributed by atoms with Crippen LogP contribution in [-0.4, -0.2) is 53.9 Å². The quantitative estimate of drug-likeness (QED) is 0.417. The van der Waals surface area contributed by atoms with E-state index in [9.17, 15) is 19.7 Å². The van der Waals surface area contributed by atoms with Crippen LogP contribution in [0, 0.1) is 10.1 Å². The van der Waals surface area contributed by atoms with Gasteiger partial charge in [0.15, 0.2) is 0 Å². The third kappa shape index (κ3) is 6.97. The molecule has 1 heterocycles. The predicted octanol–water partition coefficient (Wildman–Crippen LogP) is 1.66. The molecule has 1 aliphatic rings. The zero-order valence-corrected chi connectivity index (χ0v) is 16.6. The van der Waals surface area contributed by atoms with Gasteiger partial charge in [-0.1, -0.05) is 12.1 Å². The van der Waals surface area contributed by atoms with Gasteiger partial charge in [0.1, 0.15) is 5.69 Å². The van der Waals surface area contributed by atoms with Gasteiger partial charge in [-0.25, -0.2) is 0 Å². The van der Waals surface area contributed by atoms with Gasteiger partial charge in [-0.05, 0) is 25.3 Å². The molecule has 1 unspecified atom stereocenters. The van der Waals surface area contributed by atoms with E-state index < -0.39 is 4.92 Å². The molecule has 0 radical (unpaired) electrons. The normalized spacial score (nSPS) is 16.0.